The number of benzene rings is 1. The number of primary amides is 1. The predicted molar refractivity (Wildman–Crippen MR) is 73.2 cm³/mol. The van der Waals surface area contributed by atoms with Crippen molar-refractivity contribution in [2.24, 2.45) is 11.5 Å². The Kier molecular flexibility index (Phi) is 3.57. The summed E-state index contributed by atoms with van der Waals surface area (Å²) in [6.07, 6.45) is 3.08. The van der Waals surface area contributed by atoms with E-state index in [4.69, 9.17) is 11.5 Å². The summed E-state index contributed by atoms with van der Waals surface area (Å²) < 4.78 is 0. The van der Waals surface area contributed by atoms with Crippen LogP contribution < -0.4 is 16.8 Å². The van der Waals surface area contributed by atoms with Crippen LogP contribution in [-0.4, -0.2) is 17.5 Å². The van der Waals surface area contributed by atoms with Crippen molar-refractivity contribution in [3.63, 3.8) is 0 Å². The Morgan fingerprint density at radius 1 is 1.39 bits per heavy atom. The standard InChI is InChI=1S/C14H21N3O/c1-10-3-2-4-12(9-10)17-14(13(16)18)7-5-11(15)6-8-14/h2-4,9,11,17H,5-8,15H2,1H3,(H2,16,18). The SMILES string of the molecule is Cc1cccc(NC2(C(N)=O)CCC(N)CC2)c1. The van der Waals surface area contributed by atoms with Gasteiger partial charge in [0, 0.05) is 11.7 Å². The number of hydrogen-bond acceptors (Lipinski definition) is 3. The molecule has 0 aliphatic heterocycles. The molecule has 18 heavy (non-hydrogen) atoms. The smallest absolute Gasteiger partial charge is 0.243 e. The van der Waals surface area contributed by atoms with E-state index in [1.165, 1.54) is 0 Å². The molecule has 1 aromatic rings. The van der Waals surface area contributed by atoms with Crippen LogP contribution >= 0.6 is 0 Å². The van der Waals surface area contributed by atoms with Crippen LogP contribution in [0.1, 0.15) is 31.2 Å². The van der Waals surface area contributed by atoms with Gasteiger partial charge >= 0.3 is 0 Å². The number of nitrogens with one attached hydrogen (secondary N) is 1. The highest BCUT2D eigenvalue weighted by molar-refractivity contribution is 5.88. The number of rotatable bonds is 3. The van der Waals surface area contributed by atoms with E-state index < -0.39 is 5.54 Å². The second-order valence-electron chi connectivity index (χ2n) is 5.28. The van der Waals surface area contributed by atoms with E-state index in [9.17, 15) is 4.79 Å². The van der Waals surface area contributed by atoms with Gasteiger partial charge < -0.3 is 16.8 Å². The van der Waals surface area contributed by atoms with Crippen LogP contribution in [0.5, 0.6) is 0 Å². The van der Waals surface area contributed by atoms with Crippen molar-refractivity contribution in [3.8, 4) is 0 Å². The van der Waals surface area contributed by atoms with E-state index in [0.29, 0.717) is 12.8 Å². The second kappa shape index (κ2) is 4.98. The molecule has 0 bridgehead atoms. The summed E-state index contributed by atoms with van der Waals surface area (Å²) in [6.45, 7) is 2.03. The highest BCUT2D eigenvalue weighted by Crippen LogP contribution is 2.31. The monoisotopic (exact) mass is 247 g/mol. The molecule has 1 amide bonds. The number of aryl methyl sites for hydroxylation is 1. The molecule has 1 aliphatic rings. The van der Waals surface area contributed by atoms with Crippen molar-refractivity contribution >= 4 is 11.6 Å². The highest BCUT2D eigenvalue weighted by atomic mass is 16.1. The van der Waals surface area contributed by atoms with Gasteiger partial charge in [0.2, 0.25) is 5.91 Å². The zero-order valence-electron chi connectivity index (χ0n) is 10.8. The fraction of sp³-hybridized carbons (Fsp3) is 0.500. The summed E-state index contributed by atoms with van der Waals surface area (Å²) in [6, 6.07) is 8.18. The number of anilines is 1. The average molecular weight is 247 g/mol. The van der Waals surface area contributed by atoms with Crippen molar-refractivity contribution < 1.29 is 4.79 Å². The molecule has 4 heteroatoms. The van der Waals surface area contributed by atoms with Crippen LogP contribution in [0, 0.1) is 6.92 Å². The molecular weight excluding hydrogens is 226 g/mol. The molecule has 0 aromatic heterocycles. The molecule has 1 saturated carbocycles. The molecule has 2 rings (SSSR count). The predicted octanol–water partition coefficient (Wildman–Crippen LogP) is 1.53. The Hall–Kier alpha value is -1.55. The molecule has 1 aliphatic carbocycles. The van der Waals surface area contributed by atoms with Crippen molar-refractivity contribution in [3.05, 3.63) is 29.8 Å². The number of carbonyl (C=O) groups excluding carboxylic acids is 1. The van der Waals surface area contributed by atoms with Crippen LogP contribution in [0.2, 0.25) is 0 Å². The fourth-order valence-electron chi connectivity index (χ4n) is 2.57. The Morgan fingerprint density at radius 2 is 2.06 bits per heavy atom. The molecule has 5 N–H and O–H groups in total. The van der Waals surface area contributed by atoms with E-state index in [-0.39, 0.29) is 11.9 Å². The fourth-order valence-corrected chi connectivity index (χ4v) is 2.57. The van der Waals surface area contributed by atoms with E-state index in [0.717, 1.165) is 24.1 Å². The molecule has 0 heterocycles. The molecule has 0 radical (unpaired) electrons. The lowest BCUT2D eigenvalue weighted by atomic mass is 9.79. The first-order valence-electron chi connectivity index (χ1n) is 6.42. The molecular formula is C14H21N3O. The van der Waals surface area contributed by atoms with Crippen molar-refractivity contribution in [2.75, 3.05) is 5.32 Å². The van der Waals surface area contributed by atoms with Gasteiger partial charge in [-0.05, 0) is 50.3 Å². The summed E-state index contributed by atoms with van der Waals surface area (Å²) in [5.74, 6) is -0.282. The third-order valence-corrected chi connectivity index (χ3v) is 3.76. The summed E-state index contributed by atoms with van der Waals surface area (Å²) >= 11 is 0. The number of nitrogens with two attached hydrogens (primary N) is 2. The summed E-state index contributed by atoms with van der Waals surface area (Å²) in [4.78, 5) is 11.8. The van der Waals surface area contributed by atoms with Gasteiger partial charge in [0.05, 0.1) is 0 Å². The zero-order chi connectivity index (χ0) is 13.2. The van der Waals surface area contributed by atoms with Crippen LogP contribution in [0.3, 0.4) is 0 Å². The Labute approximate surface area is 108 Å². The lowest BCUT2D eigenvalue weighted by molar-refractivity contribution is -0.123. The van der Waals surface area contributed by atoms with Gasteiger partial charge in [-0.1, -0.05) is 12.1 Å². The highest BCUT2D eigenvalue weighted by Gasteiger charge is 2.39. The molecule has 0 spiro atoms. The van der Waals surface area contributed by atoms with Gasteiger partial charge in [-0.25, -0.2) is 0 Å². The summed E-state index contributed by atoms with van der Waals surface area (Å²) in [7, 11) is 0. The molecule has 1 fully saturated rings. The van der Waals surface area contributed by atoms with Gasteiger partial charge in [-0.2, -0.15) is 0 Å². The van der Waals surface area contributed by atoms with Gasteiger partial charge in [0.25, 0.3) is 0 Å². The zero-order valence-corrected chi connectivity index (χ0v) is 10.8. The third-order valence-electron chi connectivity index (χ3n) is 3.76. The largest absolute Gasteiger partial charge is 0.371 e. The van der Waals surface area contributed by atoms with Crippen LogP contribution in [0.15, 0.2) is 24.3 Å². The van der Waals surface area contributed by atoms with E-state index in [1.54, 1.807) is 0 Å². The lowest BCUT2D eigenvalue weighted by Crippen LogP contribution is -2.54. The van der Waals surface area contributed by atoms with Gasteiger partial charge in [-0.3, -0.25) is 4.79 Å². The van der Waals surface area contributed by atoms with Gasteiger partial charge in [0.1, 0.15) is 5.54 Å². The van der Waals surface area contributed by atoms with E-state index >= 15 is 0 Å². The molecule has 0 saturated heterocycles. The Morgan fingerprint density at radius 3 is 2.61 bits per heavy atom. The van der Waals surface area contributed by atoms with E-state index in [2.05, 4.69) is 5.32 Å². The van der Waals surface area contributed by atoms with Gasteiger partial charge in [0.15, 0.2) is 0 Å². The van der Waals surface area contributed by atoms with Crippen molar-refractivity contribution in [2.45, 2.75) is 44.2 Å². The number of hydrogen-bond donors (Lipinski definition) is 3. The molecule has 0 atom stereocenters. The molecule has 4 nitrogen and oxygen atoms in total. The summed E-state index contributed by atoms with van der Waals surface area (Å²) in [5.41, 5.74) is 13.0. The second-order valence-corrected chi connectivity index (χ2v) is 5.28. The lowest BCUT2D eigenvalue weighted by Gasteiger charge is -2.38. The quantitative estimate of drug-likeness (QED) is 0.757. The maximum Gasteiger partial charge on any atom is 0.243 e. The first kappa shape index (κ1) is 12.9. The topological polar surface area (TPSA) is 81.1 Å². The number of carbonyl (C=O) groups is 1. The minimum Gasteiger partial charge on any atom is -0.371 e. The van der Waals surface area contributed by atoms with Crippen LogP contribution in [0.25, 0.3) is 0 Å². The van der Waals surface area contributed by atoms with E-state index in [1.807, 2.05) is 31.2 Å². The van der Waals surface area contributed by atoms with Gasteiger partial charge in [-0.15, -0.1) is 0 Å². The van der Waals surface area contributed by atoms with Crippen molar-refractivity contribution in [1.82, 2.24) is 0 Å². The Balaban J connectivity index is 2.19. The number of amides is 1. The van der Waals surface area contributed by atoms with Crippen LogP contribution in [0.4, 0.5) is 5.69 Å². The Bertz CT molecular complexity index is 436. The molecule has 98 valence electrons. The maximum absolute atomic E-state index is 11.8. The first-order valence-corrected chi connectivity index (χ1v) is 6.42. The minimum atomic E-state index is -0.635. The normalized spacial score (nSPS) is 27.8. The minimum absolute atomic E-state index is 0.191. The summed E-state index contributed by atoms with van der Waals surface area (Å²) in [5, 5.41) is 3.33. The average Bonchev–Trinajstić information content (AvgIpc) is 2.32. The molecule has 1 aromatic carbocycles. The van der Waals surface area contributed by atoms with Crippen molar-refractivity contribution in [1.29, 1.82) is 0 Å². The first-order chi connectivity index (χ1) is 8.52. The maximum atomic E-state index is 11.8. The molecule has 0 unspecified atom stereocenters. The third kappa shape index (κ3) is 2.64. The van der Waals surface area contributed by atoms with Crippen LogP contribution in [-0.2, 0) is 4.79 Å².